The Bertz CT molecular complexity index is 611. The third-order valence-electron chi connectivity index (χ3n) is 4.00. The quantitative estimate of drug-likeness (QED) is 0.838. The van der Waals surface area contributed by atoms with Crippen LogP contribution < -0.4 is 4.72 Å². The van der Waals surface area contributed by atoms with Gasteiger partial charge in [-0.3, -0.25) is 4.79 Å². The van der Waals surface area contributed by atoms with E-state index < -0.39 is 10.0 Å². The summed E-state index contributed by atoms with van der Waals surface area (Å²) in [6.07, 6.45) is 8.03. The van der Waals surface area contributed by atoms with E-state index in [2.05, 4.69) is 9.71 Å². The lowest BCUT2D eigenvalue weighted by Crippen LogP contribution is -2.45. The molecule has 0 saturated carbocycles. The molecule has 0 aliphatic carbocycles. The highest BCUT2D eigenvalue weighted by molar-refractivity contribution is 7.88. The summed E-state index contributed by atoms with van der Waals surface area (Å²) in [6, 6.07) is 0.0794. The number of piperidine rings is 1. The third kappa shape index (κ3) is 4.30. The Morgan fingerprint density at radius 2 is 2.23 bits per heavy atom. The van der Waals surface area contributed by atoms with Gasteiger partial charge in [-0.05, 0) is 32.6 Å². The molecule has 1 amide bonds. The lowest BCUT2D eigenvalue weighted by atomic mass is 9.99. The Balaban J connectivity index is 2.04. The minimum Gasteiger partial charge on any atom is -0.334 e. The number of amides is 1. The third-order valence-corrected chi connectivity index (χ3v) is 4.73. The average Bonchev–Trinajstić information content (AvgIpc) is 2.94. The van der Waals surface area contributed by atoms with Crippen LogP contribution in [0.15, 0.2) is 12.5 Å². The first kappa shape index (κ1) is 17.0. The van der Waals surface area contributed by atoms with Crippen LogP contribution in [0.1, 0.15) is 43.1 Å². The van der Waals surface area contributed by atoms with Crippen molar-refractivity contribution >= 4 is 15.9 Å². The predicted molar refractivity (Wildman–Crippen MR) is 84.0 cm³/mol. The SMILES string of the molecule is CCn1cncc1C(=O)N1CCCCC1CCNS(C)(=O)=O. The Kier molecular flexibility index (Phi) is 5.57. The molecular formula is C14H24N4O3S. The molecule has 1 aromatic heterocycles. The zero-order valence-corrected chi connectivity index (χ0v) is 14.0. The van der Waals surface area contributed by atoms with Crippen molar-refractivity contribution in [3.63, 3.8) is 0 Å². The molecule has 8 heteroatoms. The van der Waals surface area contributed by atoms with Crippen LogP contribution in [-0.4, -0.2) is 54.2 Å². The monoisotopic (exact) mass is 328 g/mol. The summed E-state index contributed by atoms with van der Waals surface area (Å²) in [4.78, 5) is 18.7. The number of sulfonamides is 1. The number of imidazole rings is 1. The second-order valence-electron chi connectivity index (χ2n) is 5.67. The van der Waals surface area contributed by atoms with Crippen LogP contribution in [0.4, 0.5) is 0 Å². The molecule has 0 aromatic carbocycles. The van der Waals surface area contributed by atoms with Gasteiger partial charge in [0.05, 0.1) is 18.8 Å². The van der Waals surface area contributed by atoms with Crippen molar-refractivity contribution in [3.8, 4) is 0 Å². The number of aromatic nitrogens is 2. The first-order valence-corrected chi connectivity index (χ1v) is 9.57. The molecule has 0 bridgehead atoms. The molecule has 1 N–H and O–H groups in total. The van der Waals surface area contributed by atoms with E-state index in [-0.39, 0.29) is 11.9 Å². The summed E-state index contributed by atoms with van der Waals surface area (Å²) in [6.45, 7) is 3.76. The van der Waals surface area contributed by atoms with E-state index in [1.165, 1.54) is 0 Å². The van der Waals surface area contributed by atoms with Crippen LogP contribution in [0.2, 0.25) is 0 Å². The number of nitrogens with zero attached hydrogens (tertiary/aromatic N) is 3. The van der Waals surface area contributed by atoms with E-state index in [0.717, 1.165) is 32.1 Å². The standard InChI is InChI=1S/C14H24N4O3S/c1-3-17-11-15-10-13(17)14(19)18-9-5-4-6-12(18)7-8-16-22(2,20)21/h10-12,16H,3-9H2,1-2H3. The fourth-order valence-electron chi connectivity index (χ4n) is 2.88. The first-order chi connectivity index (χ1) is 10.4. The molecule has 0 spiro atoms. The van der Waals surface area contributed by atoms with Crippen molar-refractivity contribution in [1.29, 1.82) is 0 Å². The van der Waals surface area contributed by atoms with Gasteiger partial charge in [-0.2, -0.15) is 0 Å². The van der Waals surface area contributed by atoms with Gasteiger partial charge in [-0.25, -0.2) is 18.1 Å². The second-order valence-corrected chi connectivity index (χ2v) is 7.50. The normalized spacial score (nSPS) is 19.4. The van der Waals surface area contributed by atoms with Gasteiger partial charge < -0.3 is 9.47 Å². The van der Waals surface area contributed by atoms with Crippen LogP contribution in [0.5, 0.6) is 0 Å². The van der Waals surface area contributed by atoms with E-state index >= 15 is 0 Å². The van der Waals surface area contributed by atoms with Gasteiger partial charge in [0.25, 0.3) is 5.91 Å². The zero-order chi connectivity index (χ0) is 16.2. The fourth-order valence-corrected chi connectivity index (χ4v) is 3.37. The summed E-state index contributed by atoms with van der Waals surface area (Å²) in [7, 11) is -3.18. The van der Waals surface area contributed by atoms with Gasteiger partial charge in [-0.15, -0.1) is 0 Å². The summed E-state index contributed by atoms with van der Waals surface area (Å²) >= 11 is 0. The molecule has 1 aliphatic heterocycles. The lowest BCUT2D eigenvalue weighted by molar-refractivity contribution is 0.0593. The van der Waals surface area contributed by atoms with Crippen LogP contribution in [0.25, 0.3) is 0 Å². The molecule has 1 aliphatic rings. The largest absolute Gasteiger partial charge is 0.334 e. The topological polar surface area (TPSA) is 84.3 Å². The molecule has 0 radical (unpaired) electrons. The Morgan fingerprint density at radius 1 is 1.45 bits per heavy atom. The summed E-state index contributed by atoms with van der Waals surface area (Å²) in [5.74, 6) is -0.0107. The smallest absolute Gasteiger partial charge is 0.272 e. The van der Waals surface area contributed by atoms with Crippen molar-refractivity contribution in [2.24, 2.45) is 0 Å². The van der Waals surface area contributed by atoms with E-state index in [1.807, 2.05) is 16.4 Å². The highest BCUT2D eigenvalue weighted by Gasteiger charge is 2.28. The van der Waals surface area contributed by atoms with Crippen LogP contribution >= 0.6 is 0 Å². The zero-order valence-electron chi connectivity index (χ0n) is 13.2. The van der Waals surface area contributed by atoms with E-state index in [1.54, 1.807) is 12.5 Å². The molecule has 1 atom stereocenters. The van der Waals surface area contributed by atoms with Gasteiger partial charge in [0.15, 0.2) is 0 Å². The van der Waals surface area contributed by atoms with Gasteiger partial charge in [0, 0.05) is 25.7 Å². The number of hydrogen-bond acceptors (Lipinski definition) is 4. The van der Waals surface area contributed by atoms with Crippen molar-refractivity contribution in [2.75, 3.05) is 19.3 Å². The average molecular weight is 328 g/mol. The van der Waals surface area contributed by atoms with Crippen LogP contribution in [0.3, 0.4) is 0 Å². The number of nitrogens with one attached hydrogen (secondary N) is 1. The molecule has 1 aromatic rings. The summed E-state index contributed by atoms with van der Waals surface area (Å²) in [5, 5.41) is 0. The Hall–Kier alpha value is -1.41. The minimum absolute atomic E-state index is 0.0107. The number of aryl methyl sites for hydroxylation is 1. The van der Waals surface area contributed by atoms with E-state index in [4.69, 9.17) is 0 Å². The lowest BCUT2D eigenvalue weighted by Gasteiger charge is -2.36. The van der Waals surface area contributed by atoms with E-state index in [0.29, 0.717) is 25.2 Å². The highest BCUT2D eigenvalue weighted by atomic mass is 32.2. The van der Waals surface area contributed by atoms with Gasteiger partial charge in [-0.1, -0.05) is 0 Å². The summed E-state index contributed by atoms with van der Waals surface area (Å²) in [5.41, 5.74) is 0.602. The summed E-state index contributed by atoms with van der Waals surface area (Å²) < 4.78 is 26.6. The second kappa shape index (κ2) is 7.23. The first-order valence-electron chi connectivity index (χ1n) is 7.68. The van der Waals surface area contributed by atoms with Crippen molar-refractivity contribution in [2.45, 2.75) is 45.2 Å². The highest BCUT2D eigenvalue weighted by Crippen LogP contribution is 2.21. The molecule has 1 saturated heterocycles. The minimum atomic E-state index is -3.18. The van der Waals surface area contributed by atoms with Gasteiger partial charge >= 0.3 is 0 Å². The molecule has 124 valence electrons. The maximum Gasteiger partial charge on any atom is 0.272 e. The van der Waals surface area contributed by atoms with Crippen LogP contribution in [0, 0.1) is 0 Å². The van der Waals surface area contributed by atoms with Crippen molar-refractivity contribution < 1.29 is 13.2 Å². The Morgan fingerprint density at radius 3 is 2.91 bits per heavy atom. The molecular weight excluding hydrogens is 304 g/mol. The molecule has 1 fully saturated rings. The number of likely N-dealkylation sites (tertiary alicyclic amines) is 1. The molecule has 1 unspecified atom stereocenters. The number of hydrogen-bond donors (Lipinski definition) is 1. The molecule has 22 heavy (non-hydrogen) atoms. The van der Waals surface area contributed by atoms with Gasteiger partial charge in [0.2, 0.25) is 10.0 Å². The number of carbonyl (C=O) groups excluding carboxylic acids is 1. The maximum absolute atomic E-state index is 12.7. The van der Waals surface area contributed by atoms with Gasteiger partial charge in [0.1, 0.15) is 5.69 Å². The molecule has 2 heterocycles. The Labute approximate surface area is 131 Å². The van der Waals surface area contributed by atoms with Crippen LogP contribution in [-0.2, 0) is 16.6 Å². The van der Waals surface area contributed by atoms with Crippen molar-refractivity contribution in [3.05, 3.63) is 18.2 Å². The number of carbonyl (C=O) groups is 1. The molecule has 7 nitrogen and oxygen atoms in total. The van der Waals surface area contributed by atoms with E-state index in [9.17, 15) is 13.2 Å². The predicted octanol–water partition coefficient (Wildman–Crippen LogP) is 0.837. The maximum atomic E-state index is 12.7. The number of rotatable bonds is 6. The van der Waals surface area contributed by atoms with Crippen molar-refractivity contribution in [1.82, 2.24) is 19.2 Å². The molecule has 2 rings (SSSR count). The fraction of sp³-hybridized carbons (Fsp3) is 0.714.